The van der Waals surface area contributed by atoms with E-state index in [0.717, 1.165) is 5.56 Å². The lowest BCUT2D eigenvalue weighted by molar-refractivity contribution is -0.157. The van der Waals surface area contributed by atoms with E-state index in [2.05, 4.69) is 10.5 Å². The van der Waals surface area contributed by atoms with Crippen molar-refractivity contribution < 1.29 is 28.5 Å². The van der Waals surface area contributed by atoms with Crippen molar-refractivity contribution in [1.82, 2.24) is 5.43 Å². The van der Waals surface area contributed by atoms with Crippen LogP contribution in [-0.2, 0) is 9.53 Å². The minimum atomic E-state index is -0.553. The summed E-state index contributed by atoms with van der Waals surface area (Å²) in [5.41, 5.74) is 3.03. The van der Waals surface area contributed by atoms with Gasteiger partial charge in [-0.05, 0) is 68.8 Å². The van der Waals surface area contributed by atoms with E-state index in [0.29, 0.717) is 22.8 Å². The molecule has 0 aliphatic heterocycles. The Kier molecular flexibility index (Phi) is 7.80. The monoisotopic (exact) mass is 414 g/mol. The van der Waals surface area contributed by atoms with Crippen molar-refractivity contribution in [3.63, 3.8) is 0 Å². The molecule has 2 aromatic carbocycles. The minimum Gasteiger partial charge on any atom is -0.493 e. The van der Waals surface area contributed by atoms with Gasteiger partial charge in [0.15, 0.2) is 18.1 Å². The summed E-state index contributed by atoms with van der Waals surface area (Å²) in [5.74, 6) is 0.686. The van der Waals surface area contributed by atoms with Crippen molar-refractivity contribution in [3.8, 4) is 17.2 Å². The van der Waals surface area contributed by atoms with E-state index in [1.807, 2.05) is 0 Å². The fourth-order valence-corrected chi connectivity index (χ4v) is 2.37. The van der Waals surface area contributed by atoms with Crippen molar-refractivity contribution in [1.29, 1.82) is 0 Å². The van der Waals surface area contributed by atoms with Crippen molar-refractivity contribution >= 4 is 18.1 Å². The molecular weight excluding hydrogens is 388 g/mol. The van der Waals surface area contributed by atoms with E-state index in [9.17, 15) is 9.59 Å². The molecule has 2 rings (SSSR count). The van der Waals surface area contributed by atoms with Crippen LogP contribution in [0.2, 0.25) is 0 Å². The highest BCUT2D eigenvalue weighted by Gasteiger charge is 2.16. The number of amides is 1. The maximum absolute atomic E-state index is 12.2. The summed E-state index contributed by atoms with van der Waals surface area (Å²) < 4.78 is 20.9. The minimum absolute atomic E-state index is 0.175. The fraction of sp³-hybridized carbons (Fsp3) is 0.318. The molecule has 0 fully saturated rings. The third-order valence-corrected chi connectivity index (χ3v) is 3.68. The molecule has 0 spiro atoms. The van der Waals surface area contributed by atoms with Crippen LogP contribution in [0.1, 0.15) is 36.7 Å². The van der Waals surface area contributed by atoms with E-state index < -0.39 is 11.6 Å². The van der Waals surface area contributed by atoms with Gasteiger partial charge in [0.05, 0.1) is 20.4 Å². The second kappa shape index (κ2) is 10.3. The smallest absolute Gasteiger partial charge is 0.344 e. The van der Waals surface area contributed by atoms with Gasteiger partial charge in [-0.15, -0.1) is 0 Å². The van der Waals surface area contributed by atoms with Gasteiger partial charge in [0.2, 0.25) is 0 Å². The molecule has 1 N–H and O–H groups in total. The molecule has 8 heteroatoms. The number of nitrogens with zero attached hydrogens (tertiary/aromatic N) is 1. The van der Waals surface area contributed by atoms with Gasteiger partial charge in [0.25, 0.3) is 5.91 Å². The van der Waals surface area contributed by atoms with Crippen LogP contribution in [0.5, 0.6) is 17.2 Å². The first-order valence-electron chi connectivity index (χ1n) is 9.22. The molecule has 0 saturated heterocycles. The molecule has 0 aromatic heterocycles. The molecule has 2 aromatic rings. The topological polar surface area (TPSA) is 95.5 Å². The number of ether oxygens (including phenoxy) is 4. The van der Waals surface area contributed by atoms with Gasteiger partial charge in [-0.2, -0.15) is 5.10 Å². The SMILES string of the molecule is COc1ccc(C(=O)NN=Cc2ccc(OCC(=O)OC(C)(C)C)cc2)cc1OC. The molecule has 160 valence electrons. The maximum atomic E-state index is 12.2. The number of benzene rings is 2. The highest BCUT2D eigenvalue weighted by molar-refractivity contribution is 5.95. The summed E-state index contributed by atoms with van der Waals surface area (Å²) >= 11 is 0. The number of esters is 1. The number of hydrazone groups is 1. The Balaban J connectivity index is 1.88. The number of carbonyl (C=O) groups is 2. The Labute approximate surface area is 175 Å². The molecular formula is C22H26N2O6. The van der Waals surface area contributed by atoms with Gasteiger partial charge in [0.1, 0.15) is 11.4 Å². The molecule has 0 aliphatic carbocycles. The normalized spacial score (nSPS) is 11.1. The van der Waals surface area contributed by atoms with Gasteiger partial charge in [-0.25, -0.2) is 10.2 Å². The first-order chi connectivity index (χ1) is 14.2. The van der Waals surface area contributed by atoms with E-state index in [-0.39, 0.29) is 12.5 Å². The number of hydrogen-bond acceptors (Lipinski definition) is 7. The van der Waals surface area contributed by atoms with Crippen LogP contribution in [0.4, 0.5) is 0 Å². The average molecular weight is 414 g/mol. The molecule has 0 aliphatic rings. The Morgan fingerprint density at radius 1 is 1.00 bits per heavy atom. The summed E-state index contributed by atoms with van der Waals surface area (Å²) in [4.78, 5) is 23.9. The first-order valence-corrected chi connectivity index (χ1v) is 9.22. The maximum Gasteiger partial charge on any atom is 0.344 e. The average Bonchev–Trinajstić information content (AvgIpc) is 2.71. The molecule has 0 bridgehead atoms. The van der Waals surface area contributed by atoms with Crippen LogP contribution in [-0.4, -0.2) is 44.5 Å². The van der Waals surface area contributed by atoms with E-state index in [4.69, 9.17) is 18.9 Å². The Bertz CT molecular complexity index is 901. The summed E-state index contributed by atoms with van der Waals surface area (Å²) in [6, 6.07) is 11.7. The lowest BCUT2D eigenvalue weighted by atomic mass is 10.2. The predicted octanol–water partition coefficient (Wildman–Crippen LogP) is 3.19. The zero-order valence-electron chi connectivity index (χ0n) is 17.7. The predicted molar refractivity (Wildman–Crippen MR) is 112 cm³/mol. The van der Waals surface area contributed by atoms with Crippen LogP contribution < -0.4 is 19.6 Å². The van der Waals surface area contributed by atoms with Crippen molar-refractivity contribution in [2.45, 2.75) is 26.4 Å². The van der Waals surface area contributed by atoms with Crippen LogP contribution >= 0.6 is 0 Å². The molecule has 8 nitrogen and oxygen atoms in total. The Morgan fingerprint density at radius 3 is 2.27 bits per heavy atom. The number of hydrogen-bond donors (Lipinski definition) is 1. The summed E-state index contributed by atoms with van der Waals surface area (Å²) in [5, 5.41) is 3.95. The number of rotatable bonds is 8. The molecule has 0 atom stereocenters. The molecule has 1 amide bonds. The van der Waals surface area contributed by atoms with Gasteiger partial charge in [0, 0.05) is 5.56 Å². The highest BCUT2D eigenvalue weighted by Crippen LogP contribution is 2.27. The lowest BCUT2D eigenvalue weighted by Crippen LogP contribution is -2.27. The van der Waals surface area contributed by atoms with Crippen molar-refractivity contribution in [2.24, 2.45) is 5.10 Å². The molecule has 30 heavy (non-hydrogen) atoms. The molecule has 0 unspecified atom stereocenters. The van der Waals surface area contributed by atoms with Crippen LogP contribution in [0, 0.1) is 0 Å². The van der Waals surface area contributed by atoms with Gasteiger partial charge in [-0.3, -0.25) is 4.79 Å². The Hall–Kier alpha value is -3.55. The second-order valence-electron chi connectivity index (χ2n) is 7.21. The molecule has 0 radical (unpaired) electrons. The Morgan fingerprint density at radius 2 is 1.67 bits per heavy atom. The quantitative estimate of drug-likeness (QED) is 0.405. The zero-order chi connectivity index (χ0) is 22.1. The number of nitrogens with one attached hydrogen (secondary N) is 1. The number of carbonyl (C=O) groups excluding carboxylic acids is 2. The third kappa shape index (κ3) is 7.12. The van der Waals surface area contributed by atoms with Crippen LogP contribution in [0.3, 0.4) is 0 Å². The largest absolute Gasteiger partial charge is 0.493 e. The summed E-state index contributed by atoms with van der Waals surface area (Å²) in [6.45, 7) is 5.21. The number of methoxy groups -OCH3 is 2. The second-order valence-corrected chi connectivity index (χ2v) is 7.21. The van der Waals surface area contributed by atoms with Crippen LogP contribution in [0.15, 0.2) is 47.6 Å². The van der Waals surface area contributed by atoms with Crippen LogP contribution in [0.25, 0.3) is 0 Å². The van der Waals surface area contributed by atoms with Crippen molar-refractivity contribution in [2.75, 3.05) is 20.8 Å². The fourth-order valence-electron chi connectivity index (χ4n) is 2.37. The molecule has 0 heterocycles. The first kappa shape index (κ1) is 22.7. The standard InChI is InChI=1S/C22H26N2O6/c1-22(2,3)30-20(25)14-29-17-9-6-15(7-10-17)13-23-24-21(26)16-8-11-18(27-4)19(12-16)28-5/h6-13H,14H2,1-5H3,(H,24,26). The molecule has 0 saturated carbocycles. The van der Waals surface area contributed by atoms with Gasteiger partial charge in [-0.1, -0.05) is 0 Å². The third-order valence-electron chi connectivity index (χ3n) is 3.68. The van der Waals surface area contributed by atoms with Gasteiger partial charge < -0.3 is 18.9 Å². The lowest BCUT2D eigenvalue weighted by Gasteiger charge is -2.19. The highest BCUT2D eigenvalue weighted by atomic mass is 16.6. The zero-order valence-corrected chi connectivity index (χ0v) is 17.7. The summed E-state index contributed by atoms with van der Waals surface area (Å²) in [6.07, 6.45) is 1.50. The van der Waals surface area contributed by atoms with E-state index in [1.165, 1.54) is 20.4 Å². The van der Waals surface area contributed by atoms with E-state index >= 15 is 0 Å². The van der Waals surface area contributed by atoms with Gasteiger partial charge >= 0.3 is 5.97 Å². The summed E-state index contributed by atoms with van der Waals surface area (Å²) in [7, 11) is 3.02. The van der Waals surface area contributed by atoms with Crippen molar-refractivity contribution in [3.05, 3.63) is 53.6 Å². The van der Waals surface area contributed by atoms with E-state index in [1.54, 1.807) is 63.2 Å².